The van der Waals surface area contributed by atoms with E-state index in [9.17, 15) is 19.4 Å². The van der Waals surface area contributed by atoms with Crippen molar-refractivity contribution in [1.29, 1.82) is 0 Å². The third-order valence-electron chi connectivity index (χ3n) is 4.89. The number of benzene rings is 1. The molecule has 0 spiro atoms. The molecule has 1 heterocycles. The molecule has 6 heteroatoms. The maximum Gasteiger partial charge on any atom is 0.232 e. The molecule has 2 N–H and O–H groups in total. The van der Waals surface area contributed by atoms with Gasteiger partial charge in [0.1, 0.15) is 11.9 Å². The molecule has 126 valence electrons. The van der Waals surface area contributed by atoms with Gasteiger partial charge in [0.05, 0.1) is 24.7 Å². The maximum atomic E-state index is 13.5. The highest BCUT2D eigenvalue weighted by atomic mass is 19.1. The largest absolute Gasteiger partial charge is 0.390 e. The maximum absolute atomic E-state index is 13.5. The van der Waals surface area contributed by atoms with Gasteiger partial charge in [0.2, 0.25) is 5.91 Å². The van der Waals surface area contributed by atoms with E-state index in [4.69, 9.17) is 4.74 Å². The van der Waals surface area contributed by atoms with Crippen LogP contribution in [-0.4, -0.2) is 60.0 Å². The number of carbonyl (C=O) groups excluding carboxylic acids is 1. The summed E-state index contributed by atoms with van der Waals surface area (Å²) in [7, 11) is 1.68. The zero-order valence-corrected chi connectivity index (χ0v) is 13.1. The summed E-state index contributed by atoms with van der Waals surface area (Å²) in [4.78, 5) is 14.4. The van der Waals surface area contributed by atoms with Crippen LogP contribution >= 0.6 is 0 Å². The molecule has 1 aliphatic heterocycles. The fourth-order valence-corrected chi connectivity index (χ4v) is 3.35. The quantitative estimate of drug-likeness (QED) is 0.855. The number of nitrogens with zero attached hydrogens (tertiary/aromatic N) is 1. The highest BCUT2D eigenvalue weighted by Gasteiger charge is 2.53. The molecule has 1 aliphatic carbocycles. The van der Waals surface area contributed by atoms with Crippen molar-refractivity contribution in [3.05, 3.63) is 35.6 Å². The van der Waals surface area contributed by atoms with Gasteiger partial charge in [-0.05, 0) is 30.5 Å². The van der Waals surface area contributed by atoms with Gasteiger partial charge in [0.25, 0.3) is 0 Å². The molecule has 23 heavy (non-hydrogen) atoms. The van der Waals surface area contributed by atoms with Crippen molar-refractivity contribution in [2.24, 2.45) is 5.92 Å². The minimum Gasteiger partial charge on any atom is -0.390 e. The summed E-state index contributed by atoms with van der Waals surface area (Å²) in [6, 6.07) is 6.18. The number of hydrogen-bond acceptors (Lipinski definition) is 4. The summed E-state index contributed by atoms with van der Waals surface area (Å²) in [5.74, 6) is -0.741. The van der Waals surface area contributed by atoms with E-state index in [2.05, 4.69) is 0 Å². The van der Waals surface area contributed by atoms with Gasteiger partial charge in [-0.25, -0.2) is 4.39 Å². The Labute approximate surface area is 134 Å². The Morgan fingerprint density at radius 1 is 1.39 bits per heavy atom. The van der Waals surface area contributed by atoms with E-state index in [1.165, 1.54) is 12.1 Å². The normalized spacial score (nSPS) is 29.1. The lowest BCUT2D eigenvalue weighted by molar-refractivity contribution is -0.142. The van der Waals surface area contributed by atoms with Crippen LogP contribution in [0, 0.1) is 11.7 Å². The van der Waals surface area contributed by atoms with E-state index >= 15 is 0 Å². The van der Waals surface area contributed by atoms with Crippen molar-refractivity contribution in [2.45, 2.75) is 30.5 Å². The zero-order chi connectivity index (χ0) is 16.6. The zero-order valence-electron chi connectivity index (χ0n) is 13.1. The summed E-state index contributed by atoms with van der Waals surface area (Å²) >= 11 is 0. The molecule has 0 unspecified atom stereocenters. The molecular formula is C17H22FNO4. The number of halogens is 1. The lowest BCUT2D eigenvalue weighted by Gasteiger charge is -2.35. The summed E-state index contributed by atoms with van der Waals surface area (Å²) in [6.07, 6.45) is -0.420. The van der Waals surface area contributed by atoms with Gasteiger partial charge in [-0.2, -0.15) is 0 Å². The molecule has 3 rings (SSSR count). The molecule has 0 radical (unpaired) electrons. The lowest BCUT2D eigenvalue weighted by atomic mass is 9.92. The van der Waals surface area contributed by atoms with Gasteiger partial charge >= 0.3 is 0 Å². The average molecular weight is 323 g/mol. The van der Waals surface area contributed by atoms with Crippen LogP contribution in [0.25, 0.3) is 0 Å². The number of rotatable bonds is 4. The molecule has 0 aromatic heterocycles. The number of carbonyl (C=O) groups is 1. The van der Waals surface area contributed by atoms with Crippen molar-refractivity contribution < 1.29 is 24.1 Å². The van der Waals surface area contributed by atoms with E-state index in [0.717, 1.165) is 0 Å². The first-order valence-corrected chi connectivity index (χ1v) is 7.89. The minimum absolute atomic E-state index is 0.0737. The van der Waals surface area contributed by atoms with Gasteiger partial charge in [-0.3, -0.25) is 4.79 Å². The summed E-state index contributed by atoms with van der Waals surface area (Å²) in [5, 5.41) is 19.7. The average Bonchev–Trinajstić information content (AvgIpc) is 3.33. The fraction of sp³-hybridized carbons (Fsp3) is 0.588. The van der Waals surface area contributed by atoms with E-state index in [1.54, 1.807) is 24.1 Å². The van der Waals surface area contributed by atoms with Crippen LogP contribution in [0.3, 0.4) is 0 Å². The highest BCUT2D eigenvalue weighted by molar-refractivity contribution is 5.91. The first kappa shape index (κ1) is 16.4. The third kappa shape index (κ3) is 3.11. The smallest absolute Gasteiger partial charge is 0.232 e. The Balaban J connectivity index is 1.70. The second-order valence-electron chi connectivity index (χ2n) is 6.63. The number of likely N-dealkylation sites (N-methyl/N-ethyl adjacent to an activating group) is 1. The second kappa shape index (κ2) is 6.19. The van der Waals surface area contributed by atoms with Crippen molar-refractivity contribution >= 4 is 5.91 Å². The van der Waals surface area contributed by atoms with Gasteiger partial charge in [0, 0.05) is 19.5 Å². The van der Waals surface area contributed by atoms with Crippen molar-refractivity contribution in [1.82, 2.24) is 4.90 Å². The van der Waals surface area contributed by atoms with Crippen LogP contribution in [0.2, 0.25) is 0 Å². The van der Waals surface area contributed by atoms with Gasteiger partial charge in [-0.15, -0.1) is 0 Å². The van der Waals surface area contributed by atoms with Crippen LogP contribution < -0.4 is 0 Å². The Morgan fingerprint density at radius 2 is 2.13 bits per heavy atom. The van der Waals surface area contributed by atoms with Gasteiger partial charge < -0.3 is 19.8 Å². The fourth-order valence-electron chi connectivity index (χ4n) is 3.35. The monoisotopic (exact) mass is 323 g/mol. The van der Waals surface area contributed by atoms with E-state index < -0.39 is 17.6 Å². The number of hydrogen-bond donors (Lipinski definition) is 2. The standard InChI is InChI=1S/C17H22FNO4/c1-19(8-11-9-23-10-14(20)15(11)21)16(22)17(5-6-17)12-3-2-4-13(18)7-12/h2-4,7,11,14-15,20-21H,5-6,8-10H2,1H3/t11-,14-,15+/m1/s1. The van der Waals surface area contributed by atoms with Gasteiger partial charge in [0.15, 0.2) is 0 Å². The molecule has 1 saturated heterocycles. The number of amides is 1. The predicted octanol–water partition coefficient (Wildman–Crippen LogP) is 0.684. The van der Waals surface area contributed by atoms with Gasteiger partial charge in [-0.1, -0.05) is 12.1 Å². The number of ether oxygens (including phenoxy) is 1. The third-order valence-corrected chi connectivity index (χ3v) is 4.89. The van der Waals surface area contributed by atoms with E-state index in [-0.39, 0.29) is 24.2 Å². The first-order valence-electron chi connectivity index (χ1n) is 7.89. The molecule has 2 aliphatic rings. The topological polar surface area (TPSA) is 70.0 Å². The SMILES string of the molecule is CN(C[C@@H]1COC[C@@H](O)[C@H]1O)C(=O)C1(c2cccc(F)c2)CC1. The minimum atomic E-state index is -0.921. The molecule has 3 atom stereocenters. The van der Waals surface area contributed by atoms with Crippen molar-refractivity contribution in [3.8, 4) is 0 Å². The Morgan fingerprint density at radius 3 is 2.78 bits per heavy atom. The molecule has 5 nitrogen and oxygen atoms in total. The molecule has 1 saturated carbocycles. The Bertz CT molecular complexity index is 590. The van der Waals surface area contributed by atoms with Crippen LogP contribution in [0.15, 0.2) is 24.3 Å². The summed E-state index contributed by atoms with van der Waals surface area (Å²) < 4.78 is 18.7. The molecule has 1 amide bonds. The Kier molecular flexibility index (Phi) is 4.40. The Hall–Kier alpha value is -1.50. The van der Waals surface area contributed by atoms with Crippen molar-refractivity contribution in [3.63, 3.8) is 0 Å². The molecule has 0 bridgehead atoms. The highest BCUT2D eigenvalue weighted by Crippen LogP contribution is 2.49. The number of aliphatic hydroxyl groups excluding tert-OH is 2. The lowest BCUT2D eigenvalue weighted by Crippen LogP contribution is -2.50. The second-order valence-corrected chi connectivity index (χ2v) is 6.63. The van der Waals surface area contributed by atoms with Crippen LogP contribution in [0.4, 0.5) is 4.39 Å². The predicted molar refractivity (Wildman–Crippen MR) is 81.3 cm³/mol. The van der Waals surface area contributed by atoms with Crippen molar-refractivity contribution in [2.75, 3.05) is 26.8 Å². The van der Waals surface area contributed by atoms with E-state index in [0.29, 0.717) is 31.6 Å². The van der Waals surface area contributed by atoms with Crippen LogP contribution in [0.1, 0.15) is 18.4 Å². The molecular weight excluding hydrogens is 301 g/mol. The number of aliphatic hydroxyl groups is 2. The molecule has 1 aromatic rings. The van der Waals surface area contributed by atoms with Crippen LogP contribution in [0.5, 0.6) is 0 Å². The van der Waals surface area contributed by atoms with E-state index in [1.807, 2.05) is 0 Å². The van der Waals surface area contributed by atoms with Crippen LogP contribution in [-0.2, 0) is 14.9 Å². The summed E-state index contributed by atoms with van der Waals surface area (Å²) in [6.45, 7) is 0.722. The first-order chi connectivity index (χ1) is 10.9. The molecule has 1 aromatic carbocycles. The summed E-state index contributed by atoms with van der Waals surface area (Å²) in [5.41, 5.74) is 0.0606. The molecule has 2 fully saturated rings.